The lowest BCUT2D eigenvalue weighted by atomic mass is 9.97. The monoisotopic (exact) mass is 387 g/mol. The molecule has 0 saturated heterocycles. The average molecular weight is 388 g/mol. The van der Waals surface area contributed by atoms with Crippen LogP contribution in [0, 0.1) is 6.92 Å². The molecule has 0 aliphatic rings. The molecule has 3 rings (SSSR count). The standard InChI is InChI=1S/C19H21N3O2S2/c1-4-12(2)14-5-7-15(8-6-14)17(23)11-26-19-22-21-18(24-19)9-16-10-25-13(3)20-16/h5-8,10,12H,4,9,11H2,1-3H3. The van der Waals surface area contributed by atoms with Crippen molar-refractivity contribution in [2.24, 2.45) is 0 Å². The maximum Gasteiger partial charge on any atom is 0.277 e. The van der Waals surface area contributed by atoms with Gasteiger partial charge in [0, 0.05) is 10.9 Å². The lowest BCUT2D eigenvalue weighted by molar-refractivity contribution is 0.102. The molecule has 2 aromatic heterocycles. The molecule has 0 aliphatic carbocycles. The second-order valence-electron chi connectivity index (χ2n) is 6.14. The topological polar surface area (TPSA) is 68.9 Å². The third-order valence-electron chi connectivity index (χ3n) is 4.19. The van der Waals surface area contributed by atoms with Gasteiger partial charge >= 0.3 is 0 Å². The van der Waals surface area contributed by atoms with E-state index >= 15 is 0 Å². The Morgan fingerprint density at radius 3 is 2.69 bits per heavy atom. The van der Waals surface area contributed by atoms with Crippen LogP contribution in [0.4, 0.5) is 0 Å². The number of aromatic nitrogens is 3. The quantitative estimate of drug-likeness (QED) is 0.404. The van der Waals surface area contributed by atoms with Gasteiger partial charge in [0.25, 0.3) is 5.22 Å². The second-order valence-corrected chi connectivity index (χ2v) is 8.13. The largest absolute Gasteiger partial charge is 0.416 e. The van der Waals surface area contributed by atoms with Crippen molar-refractivity contribution >= 4 is 28.9 Å². The second kappa shape index (κ2) is 8.60. The SMILES string of the molecule is CCC(C)c1ccc(C(=O)CSc2nnc(Cc3csc(C)n3)o2)cc1. The molecular formula is C19H21N3O2S2. The maximum absolute atomic E-state index is 12.3. The van der Waals surface area contributed by atoms with Crippen LogP contribution in [0.2, 0.25) is 0 Å². The fraction of sp³-hybridized carbons (Fsp3) is 0.368. The van der Waals surface area contributed by atoms with Crippen LogP contribution in [0.3, 0.4) is 0 Å². The highest BCUT2D eigenvalue weighted by Gasteiger charge is 2.13. The zero-order valence-electron chi connectivity index (χ0n) is 15.1. The highest BCUT2D eigenvalue weighted by molar-refractivity contribution is 7.99. The first-order valence-corrected chi connectivity index (χ1v) is 10.4. The molecule has 0 radical (unpaired) electrons. The fourth-order valence-corrected chi connectivity index (χ4v) is 3.74. The number of ketones is 1. The van der Waals surface area contributed by atoms with Gasteiger partial charge in [0.2, 0.25) is 5.89 Å². The van der Waals surface area contributed by atoms with Gasteiger partial charge in [-0.3, -0.25) is 4.79 Å². The van der Waals surface area contributed by atoms with Crippen molar-refractivity contribution in [3.63, 3.8) is 0 Å². The Hall–Kier alpha value is -1.99. The summed E-state index contributed by atoms with van der Waals surface area (Å²) in [4.78, 5) is 16.7. The molecule has 1 unspecified atom stereocenters. The van der Waals surface area contributed by atoms with Gasteiger partial charge in [-0.1, -0.05) is 49.9 Å². The van der Waals surface area contributed by atoms with Gasteiger partial charge < -0.3 is 4.42 Å². The van der Waals surface area contributed by atoms with Crippen LogP contribution in [-0.4, -0.2) is 26.7 Å². The third-order valence-corrected chi connectivity index (χ3v) is 5.83. The Bertz CT molecular complexity index is 871. The number of carbonyl (C=O) groups is 1. The molecule has 0 fully saturated rings. The number of carbonyl (C=O) groups excluding carboxylic acids is 1. The summed E-state index contributed by atoms with van der Waals surface area (Å²) in [5, 5.41) is 11.4. The van der Waals surface area contributed by atoms with E-state index in [1.807, 2.05) is 36.6 Å². The van der Waals surface area contributed by atoms with Crippen molar-refractivity contribution in [3.8, 4) is 0 Å². The van der Waals surface area contributed by atoms with Crippen molar-refractivity contribution in [2.45, 2.75) is 44.8 Å². The van der Waals surface area contributed by atoms with Gasteiger partial charge in [-0.05, 0) is 24.8 Å². The molecule has 0 N–H and O–H groups in total. The van der Waals surface area contributed by atoms with E-state index in [-0.39, 0.29) is 11.5 Å². The summed E-state index contributed by atoms with van der Waals surface area (Å²) >= 11 is 2.86. The smallest absolute Gasteiger partial charge is 0.277 e. The number of rotatable bonds is 8. The molecule has 0 bridgehead atoms. The highest BCUT2D eigenvalue weighted by atomic mass is 32.2. The zero-order chi connectivity index (χ0) is 18.5. The van der Waals surface area contributed by atoms with Crippen molar-refractivity contribution in [3.05, 3.63) is 57.4 Å². The summed E-state index contributed by atoms with van der Waals surface area (Å²) < 4.78 is 5.60. The van der Waals surface area contributed by atoms with Crippen LogP contribution in [0.25, 0.3) is 0 Å². The molecule has 0 amide bonds. The Kier molecular flexibility index (Phi) is 6.21. The maximum atomic E-state index is 12.3. The van der Waals surface area contributed by atoms with E-state index < -0.39 is 0 Å². The lowest BCUT2D eigenvalue weighted by Crippen LogP contribution is -2.03. The summed E-state index contributed by atoms with van der Waals surface area (Å²) in [5.74, 6) is 1.36. The molecule has 1 aromatic carbocycles. The first-order chi connectivity index (χ1) is 12.5. The molecule has 1 atom stereocenters. The van der Waals surface area contributed by atoms with Gasteiger partial charge in [0.15, 0.2) is 5.78 Å². The van der Waals surface area contributed by atoms with Gasteiger partial charge in [0.1, 0.15) is 0 Å². The number of Topliss-reactive ketones (excluding diaryl/α,β-unsaturated/α-hetero) is 1. The van der Waals surface area contributed by atoms with E-state index in [1.54, 1.807) is 11.3 Å². The first kappa shape index (κ1) is 18.8. The first-order valence-electron chi connectivity index (χ1n) is 8.54. The van der Waals surface area contributed by atoms with Crippen molar-refractivity contribution < 1.29 is 9.21 Å². The number of hydrogen-bond acceptors (Lipinski definition) is 7. The number of hydrogen-bond donors (Lipinski definition) is 0. The predicted octanol–water partition coefficient (Wildman–Crippen LogP) is 4.91. The number of nitrogens with zero attached hydrogens (tertiary/aromatic N) is 3. The highest BCUT2D eigenvalue weighted by Crippen LogP contribution is 2.22. The van der Waals surface area contributed by atoms with Crippen LogP contribution in [0.1, 0.15) is 58.7 Å². The summed E-state index contributed by atoms with van der Waals surface area (Å²) in [6.45, 7) is 6.31. The minimum absolute atomic E-state index is 0.0561. The molecule has 5 nitrogen and oxygen atoms in total. The fourth-order valence-electron chi connectivity index (χ4n) is 2.46. The Balaban J connectivity index is 1.54. The molecule has 136 valence electrons. The third kappa shape index (κ3) is 4.80. The van der Waals surface area contributed by atoms with Gasteiger partial charge in [-0.2, -0.15) is 0 Å². The summed E-state index contributed by atoms with van der Waals surface area (Å²) in [5.41, 5.74) is 2.89. The molecule has 0 spiro atoms. The zero-order valence-corrected chi connectivity index (χ0v) is 16.7. The molecule has 2 heterocycles. The molecule has 0 aliphatic heterocycles. The van der Waals surface area contributed by atoms with E-state index in [1.165, 1.54) is 17.3 Å². The Labute approximate surface area is 161 Å². The Morgan fingerprint density at radius 1 is 1.27 bits per heavy atom. The minimum Gasteiger partial charge on any atom is -0.416 e. The van der Waals surface area contributed by atoms with Crippen LogP contribution in [0.15, 0.2) is 39.3 Å². The van der Waals surface area contributed by atoms with E-state index in [2.05, 4.69) is 29.0 Å². The van der Waals surface area contributed by atoms with E-state index in [9.17, 15) is 4.79 Å². The molecule has 3 aromatic rings. The van der Waals surface area contributed by atoms with E-state index in [0.717, 1.165) is 17.1 Å². The number of thiazole rings is 1. The van der Waals surface area contributed by atoms with Gasteiger partial charge in [-0.25, -0.2) is 4.98 Å². The van der Waals surface area contributed by atoms with Crippen LogP contribution >= 0.6 is 23.1 Å². The number of thioether (sulfide) groups is 1. The van der Waals surface area contributed by atoms with Crippen LogP contribution in [0.5, 0.6) is 0 Å². The Morgan fingerprint density at radius 2 is 2.04 bits per heavy atom. The van der Waals surface area contributed by atoms with Crippen molar-refractivity contribution in [2.75, 3.05) is 5.75 Å². The van der Waals surface area contributed by atoms with Crippen molar-refractivity contribution in [1.82, 2.24) is 15.2 Å². The molecule has 26 heavy (non-hydrogen) atoms. The average Bonchev–Trinajstić information content (AvgIpc) is 3.28. The van der Waals surface area contributed by atoms with Gasteiger partial charge in [-0.15, -0.1) is 21.5 Å². The van der Waals surface area contributed by atoms with Gasteiger partial charge in [0.05, 0.1) is 22.9 Å². The van der Waals surface area contributed by atoms with Crippen LogP contribution < -0.4 is 0 Å². The predicted molar refractivity (Wildman–Crippen MR) is 104 cm³/mol. The number of benzene rings is 1. The molecular weight excluding hydrogens is 366 g/mol. The van der Waals surface area contributed by atoms with E-state index in [0.29, 0.717) is 29.0 Å². The van der Waals surface area contributed by atoms with Crippen LogP contribution in [-0.2, 0) is 6.42 Å². The number of aryl methyl sites for hydroxylation is 1. The summed E-state index contributed by atoms with van der Waals surface area (Å²) in [7, 11) is 0. The van der Waals surface area contributed by atoms with E-state index in [4.69, 9.17) is 4.42 Å². The summed E-state index contributed by atoms with van der Waals surface area (Å²) in [6, 6.07) is 7.86. The summed E-state index contributed by atoms with van der Waals surface area (Å²) in [6.07, 6.45) is 1.60. The lowest BCUT2D eigenvalue weighted by Gasteiger charge is -2.09. The molecule has 7 heteroatoms. The normalized spacial score (nSPS) is 12.3. The molecule has 0 saturated carbocycles. The van der Waals surface area contributed by atoms with Crippen molar-refractivity contribution in [1.29, 1.82) is 0 Å². The minimum atomic E-state index is 0.0561.